The highest BCUT2D eigenvalue weighted by molar-refractivity contribution is 5.97. The van der Waals surface area contributed by atoms with Crippen molar-refractivity contribution >= 4 is 22.4 Å². The van der Waals surface area contributed by atoms with Gasteiger partial charge in [0.2, 0.25) is 5.91 Å². The Morgan fingerprint density at radius 3 is 2.28 bits per heavy atom. The summed E-state index contributed by atoms with van der Waals surface area (Å²) in [5, 5.41) is 8.25. The molecule has 1 aromatic heterocycles. The van der Waals surface area contributed by atoms with E-state index in [4.69, 9.17) is 0 Å². The number of benzene rings is 3. The van der Waals surface area contributed by atoms with Crippen LogP contribution in [-0.2, 0) is 4.79 Å². The van der Waals surface area contributed by atoms with Crippen LogP contribution in [0.1, 0.15) is 17.9 Å². The Kier molecular flexibility index (Phi) is 4.21. The molecule has 5 heteroatoms. The summed E-state index contributed by atoms with van der Waals surface area (Å²) in [6, 6.07) is 25.4. The van der Waals surface area contributed by atoms with Gasteiger partial charge in [-0.1, -0.05) is 60.7 Å². The number of hydrogen-bond donors (Lipinski definition) is 1. The second-order valence-corrected chi connectivity index (χ2v) is 7.31. The standard InChI is InChI=1S/C24H19N3O2/c28-22-14-18(16-6-2-1-3-7-16)15-27(22)19-12-10-17(11-13-19)23-20-8-4-5-9-21(20)24(29)26-25-23/h1-13,18H,14-15H2,(H,26,29). The second kappa shape index (κ2) is 7.02. The van der Waals surface area contributed by atoms with Gasteiger partial charge in [0.05, 0.1) is 11.1 Å². The van der Waals surface area contributed by atoms with E-state index in [1.165, 1.54) is 5.56 Å². The summed E-state index contributed by atoms with van der Waals surface area (Å²) < 4.78 is 0. The molecule has 4 aromatic rings. The maximum atomic E-state index is 12.6. The SMILES string of the molecule is O=C1CC(c2ccccc2)CN1c1ccc(-c2n[nH]c(=O)c3ccccc23)cc1. The minimum atomic E-state index is -0.199. The molecule has 3 aromatic carbocycles. The Bertz CT molecular complexity index is 1250. The number of amides is 1. The van der Waals surface area contributed by atoms with Crippen LogP contribution in [0, 0.1) is 0 Å². The van der Waals surface area contributed by atoms with Gasteiger partial charge in [-0.3, -0.25) is 9.59 Å². The van der Waals surface area contributed by atoms with Crippen molar-refractivity contribution < 1.29 is 4.79 Å². The molecule has 1 atom stereocenters. The molecule has 1 fully saturated rings. The van der Waals surface area contributed by atoms with Crippen molar-refractivity contribution in [3.05, 3.63) is 94.8 Å². The molecule has 1 aliphatic heterocycles. The first-order valence-corrected chi connectivity index (χ1v) is 9.64. The molecule has 5 nitrogen and oxygen atoms in total. The molecule has 142 valence electrons. The van der Waals surface area contributed by atoms with Crippen molar-refractivity contribution in [2.24, 2.45) is 0 Å². The summed E-state index contributed by atoms with van der Waals surface area (Å²) in [5.74, 6) is 0.354. The molecule has 0 bridgehead atoms. The smallest absolute Gasteiger partial charge is 0.272 e. The fourth-order valence-corrected chi connectivity index (χ4v) is 4.04. The first kappa shape index (κ1) is 17.4. The summed E-state index contributed by atoms with van der Waals surface area (Å²) >= 11 is 0. The Labute approximate surface area is 167 Å². The van der Waals surface area contributed by atoms with E-state index in [1.54, 1.807) is 6.07 Å². The maximum Gasteiger partial charge on any atom is 0.272 e. The number of aromatic nitrogens is 2. The minimum absolute atomic E-state index is 0.138. The van der Waals surface area contributed by atoms with E-state index >= 15 is 0 Å². The van der Waals surface area contributed by atoms with Gasteiger partial charge in [0.1, 0.15) is 0 Å². The van der Waals surface area contributed by atoms with Gasteiger partial charge in [0, 0.05) is 35.5 Å². The Morgan fingerprint density at radius 1 is 0.828 bits per heavy atom. The number of hydrogen-bond acceptors (Lipinski definition) is 3. The summed E-state index contributed by atoms with van der Waals surface area (Å²) in [7, 11) is 0. The van der Waals surface area contributed by atoms with Gasteiger partial charge in [-0.25, -0.2) is 5.10 Å². The Balaban J connectivity index is 1.45. The lowest BCUT2D eigenvalue weighted by molar-refractivity contribution is -0.117. The van der Waals surface area contributed by atoms with Crippen LogP contribution in [0.25, 0.3) is 22.0 Å². The summed E-state index contributed by atoms with van der Waals surface area (Å²) in [6.07, 6.45) is 0.526. The van der Waals surface area contributed by atoms with Gasteiger partial charge in [-0.15, -0.1) is 0 Å². The molecule has 0 saturated carbocycles. The molecule has 0 aliphatic carbocycles. The molecule has 0 spiro atoms. The summed E-state index contributed by atoms with van der Waals surface area (Å²) in [5.41, 5.74) is 3.50. The average Bonchev–Trinajstić information content (AvgIpc) is 3.17. The predicted molar refractivity (Wildman–Crippen MR) is 114 cm³/mol. The van der Waals surface area contributed by atoms with Crippen LogP contribution in [-0.4, -0.2) is 22.6 Å². The summed E-state index contributed by atoms with van der Waals surface area (Å²) in [6.45, 7) is 0.683. The van der Waals surface area contributed by atoms with Crippen molar-refractivity contribution in [3.63, 3.8) is 0 Å². The molecule has 1 N–H and O–H groups in total. The van der Waals surface area contributed by atoms with Crippen LogP contribution in [0.2, 0.25) is 0 Å². The van der Waals surface area contributed by atoms with E-state index in [0.717, 1.165) is 22.3 Å². The lowest BCUT2D eigenvalue weighted by atomic mass is 9.98. The number of carbonyl (C=O) groups is 1. The van der Waals surface area contributed by atoms with Crippen LogP contribution in [0.4, 0.5) is 5.69 Å². The predicted octanol–water partition coefficient (Wildman–Crippen LogP) is 4.11. The molecular weight excluding hydrogens is 362 g/mol. The van der Waals surface area contributed by atoms with Crippen molar-refractivity contribution in [3.8, 4) is 11.3 Å². The number of nitrogens with one attached hydrogen (secondary N) is 1. The highest BCUT2D eigenvalue weighted by Crippen LogP contribution is 2.33. The minimum Gasteiger partial charge on any atom is -0.312 e. The highest BCUT2D eigenvalue weighted by atomic mass is 16.2. The number of aromatic amines is 1. The zero-order valence-electron chi connectivity index (χ0n) is 15.7. The monoisotopic (exact) mass is 381 g/mol. The van der Waals surface area contributed by atoms with Crippen LogP contribution < -0.4 is 10.5 Å². The van der Waals surface area contributed by atoms with E-state index in [2.05, 4.69) is 22.3 Å². The first-order valence-electron chi connectivity index (χ1n) is 9.64. The molecule has 2 heterocycles. The number of rotatable bonds is 3. The van der Waals surface area contributed by atoms with Crippen molar-refractivity contribution in [2.75, 3.05) is 11.4 Å². The third-order valence-corrected chi connectivity index (χ3v) is 5.54. The van der Waals surface area contributed by atoms with Crippen LogP contribution >= 0.6 is 0 Å². The molecule has 1 aliphatic rings. The number of nitrogens with zero attached hydrogens (tertiary/aromatic N) is 2. The fourth-order valence-electron chi connectivity index (χ4n) is 4.04. The van der Waals surface area contributed by atoms with E-state index in [9.17, 15) is 9.59 Å². The lowest BCUT2D eigenvalue weighted by Gasteiger charge is -2.17. The zero-order valence-corrected chi connectivity index (χ0v) is 15.7. The quantitative estimate of drug-likeness (QED) is 0.581. The molecule has 5 rings (SSSR count). The van der Waals surface area contributed by atoms with Crippen molar-refractivity contribution in [1.29, 1.82) is 0 Å². The summed E-state index contributed by atoms with van der Waals surface area (Å²) in [4.78, 5) is 26.5. The van der Waals surface area contributed by atoms with Gasteiger partial charge in [0.15, 0.2) is 0 Å². The third-order valence-electron chi connectivity index (χ3n) is 5.54. The second-order valence-electron chi connectivity index (χ2n) is 7.31. The molecule has 1 saturated heterocycles. The van der Waals surface area contributed by atoms with Gasteiger partial charge in [-0.2, -0.15) is 5.10 Å². The van der Waals surface area contributed by atoms with Crippen LogP contribution in [0.5, 0.6) is 0 Å². The highest BCUT2D eigenvalue weighted by Gasteiger charge is 2.31. The molecule has 1 amide bonds. The molecule has 0 radical (unpaired) electrons. The Morgan fingerprint density at radius 2 is 1.52 bits per heavy atom. The van der Waals surface area contributed by atoms with Gasteiger partial charge in [0.25, 0.3) is 5.56 Å². The molecule has 1 unspecified atom stereocenters. The normalized spacial score (nSPS) is 16.5. The van der Waals surface area contributed by atoms with Crippen molar-refractivity contribution in [2.45, 2.75) is 12.3 Å². The van der Waals surface area contributed by atoms with Crippen LogP contribution in [0.15, 0.2) is 83.7 Å². The van der Waals surface area contributed by atoms with Gasteiger partial charge >= 0.3 is 0 Å². The van der Waals surface area contributed by atoms with E-state index in [0.29, 0.717) is 18.4 Å². The van der Waals surface area contributed by atoms with Crippen molar-refractivity contribution in [1.82, 2.24) is 10.2 Å². The van der Waals surface area contributed by atoms with E-state index < -0.39 is 0 Å². The first-order chi connectivity index (χ1) is 14.2. The number of fused-ring (bicyclic) bond motifs is 1. The number of anilines is 1. The fraction of sp³-hybridized carbons (Fsp3) is 0.125. The number of carbonyl (C=O) groups excluding carboxylic acids is 1. The third kappa shape index (κ3) is 3.10. The molecular formula is C24H19N3O2. The number of H-pyrrole nitrogens is 1. The zero-order chi connectivity index (χ0) is 19.8. The molecule has 29 heavy (non-hydrogen) atoms. The van der Waals surface area contributed by atoms with E-state index in [1.807, 2.05) is 65.6 Å². The van der Waals surface area contributed by atoms with Crippen LogP contribution in [0.3, 0.4) is 0 Å². The van der Waals surface area contributed by atoms with Gasteiger partial charge in [-0.05, 0) is 23.8 Å². The topological polar surface area (TPSA) is 66.1 Å². The largest absolute Gasteiger partial charge is 0.312 e. The lowest BCUT2D eigenvalue weighted by Crippen LogP contribution is -2.24. The van der Waals surface area contributed by atoms with E-state index in [-0.39, 0.29) is 17.4 Å². The van der Waals surface area contributed by atoms with Gasteiger partial charge < -0.3 is 4.90 Å². The Hall–Kier alpha value is -3.73. The maximum absolute atomic E-state index is 12.6. The average molecular weight is 381 g/mol.